The van der Waals surface area contributed by atoms with Gasteiger partial charge >= 0.3 is 0 Å². The number of benzene rings is 1. The highest BCUT2D eigenvalue weighted by Gasteiger charge is 2.46. The molecule has 108 valence electrons. The average Bonchev–Trinajstić information content (AvgIpc) is 3.21. The molecule has 3 nitrogen and oxygen atoms in total. The molecule has 1 saturated carbocycles. The monoisotopic (exact) mass is 312 g/mol. The minimum atomic E-state index is 0.0949. The number of amides is 1. The van der Waals surface area contributed by atoms with Crippen molar-refractivity contribution in [3.8, 4) is 0 Å². The summed E-state index contributed by atoms with van der Waals surface area (Å²) in [5, 5.41) is 1.11. The maximum absolute atomic E-state index is 12.5. The third kappa shape index (κ3) is 2.80. The molecule has 1 aromatic rings. The summed E-state index contributed by atoms with van der Waals surface area (Å²) in [7, 11) is 0. The molecule has 0 radical (unpaired) electrons. The normalized spacial score (nSPS) is 29.4. The summed E-state index contributed by atoms with van der Waals surface area (Å²) in [5.74, 6) is 0.629. The third-order valence-electron chi connectivity index (χ3n) is 4.25. The standard InChI is InChI=1S/C15H18Cl2N2O/c16-13-4-3-9(6-14(13)17)11-7-12(11)15(20)19-5-1-2-10(18)8-19/h3-4,6,10-12H,1-2,5,7-8,18H2. The lowest BCUT2D eigenvalue weighted by Gasteiger charge is -2.31. The molecule has 3 rings (SSSR count). The first-order valence-electron chi connectivity index (χ1n) is 7.05. The molecule has 2 aliphatic rings. The summed E-state index contributed by atoms with van der Waals surface area (Å²) < 4.78 is 0. The zero-order valence-electron chi connectivity index (χ0n) is 11.2. The van der Waals surface area contributed by atoms with Crippen LogP contribution in [0.3, 0.4) is 0 Å². The van der Waals surface area contributed by atoms with Gasteiger partial charge in [0, 0.05) is 25.0 Å². The van der Waals surface area contributed by atoms with E-state index in [-0.39, 0.29) is 23.8 Å². The fraction of sp³-hybridized carbons (Fsp3) is 0.533. The molecule has 1 aliphatic heterocycles. The van der Waals surface area contributed by atoms with E-state index in [0.717, 1.165) is 31.4 Å². The summed E-state index contributed by atoms with van der Waals surface area (Å²) in [6.45, 7) is 1.54. The van der Waals surface area contributed by atoms with Gasteiger partial charge in [-0.05, 0) is 42.9 Å². The highest BCUT2D eigenvalue weighted by atomic mass is 35.5. The van der Waals surface area contributed by atoms with Crippen LogP contribution in [-0.4, -0.2) is 29.9 Å². The summed E-state index contributed by atoms with van der Waals surface area (Å²) >= 11 is 12.0. The molecule has 0 bridgehead atoms. The Hall–Kier alpha value is -0.770. The van der Waals surface area contributed by atoms with Gasteiger partial charge in [0.2, 0.25) is 5.91 Å². The van der Waals surface area contributed by atoms with E-state index in [1.54, 1.807) is 6.07 Å². The average molecular weight is 313 g/mol. The van der Waals surface area contributed by atoms with Crippen molar-refractivity contribution in [2.45, 2.75) is 31.2 Å². The maximum Gasteiger partial charge on any atom is 0.226 e. The minimum Gasteiger partial charge on any atom is -0.341 e. The fourth-order valence-corrected chi connectivity index (χ4v) is 3.33. The Labute approximate surface area is 129 Å². The van der Waals surface area contributed by atoms with Crippen molar-refractivity contribution in [3.05, 3.63) is 33.8 Å². The molecule has 1 saturated heterocycles. The van der Waals surface area contributed by atoms with Crippen LogP contribution in [0.25, 0.3) is 0 Å². The van der Waals surface area contributed by atoms with Gasteiger partial charge in [-0.25, -0.2) is 0 Å². The van der Waals surface area contributed by atoms with E-state index in [9.17, 15) is 4.79 Å². The van der Waals surface area contributed by atoms with Gasteiger partial charge < -0.3 is 10.6 Å². The van der Waals surface area contributed by atoms with Gasteiger partial charge in [0.15, 0.2) is 0 Å². The molecule has 1 aliphatic carbocycles. The van der Waals surface area contributed by atoms with Crippen LogP contribution in [0.5, 0.6) is 0 Å². The second-order valence-corrected chi connectivity index (χ2v) is 6.62. The Morgan fingerprint density at radius 3 is 2.80 bits per heavy atom. The van der Waals surface area contributed by atoms with Crippen LogP contribution in [0.4, 0.5) is 0 Å². The Balaban J connectivity index is 1.66. The second kappa shape index (κ2) is 5.55. The van der Waals surface area contributed by atoms with E-state index in [4.69, 9.17) is 28.9 Å². The van der Waals surface area contributed by atoms with Gasteiger partial charge in [0.05, 0.1) is 10.0 Å². The molecule has 1 heterocycles. The number of hydrogen-bond donors (Lipinski definition) is 1. The van der Waals surface area contributed by atoms with Gasteiger partial charge in [0.25, 0.3) is 0 Å². The molecule has 1 amide bonds. The number of hydrogen-bond acceptors (Lipinski definition) is 2. The number of rotatable bonds is 2. The molecular formula is C15H18Cl2N2O. The Bertz CT molecular complexity index is 535. The highest BCUT2D eigenvalue weighted by Crippen LogP contribution is 2.49. The molecule has 1 aromatic carbocycles. The van der Waals surface area contributed by atoms with Crippen LogP contribution in [0, 0.1) is 5.92 Å². The Morgan fingerprint density at radius 1 is 1.30 bits per heavy atom. The summed E-state index contributed by atoms with van der Waals surface area (Å²) in [4.78, 5) is 14.4. The Morgan fingerprint density at radius 2 is 2.10 bits per heavy atom. The smallest absolute Gasteiger partial charge is 0.226 e. The molecule has 3 atom stereocenters. The SMILES string of the molecule is NC1CCCN(C(=O)C2CC2c2ccc(Cl)c(Cl)c2)C1. The second-order valence-electron chi connectivity index (χ2n) is 5.81. The molecule has 2 N–H and O–H groups in total. The van der Waals surface area contributed by atoms with Crippen LogP contribution in [0.2, 0.25) is 10.0 Å². The topological polar surface area (TPSA) is 46.3 Å². The number of piperidine rings is 1. The zero-order chi connectivity index (χ0) is 14.3. The predicted molar refractivity (Wildman–Crippen MR) is 81.1 cm³/mol. The van der Waals surface area contributed by atoms with E-state index >= 15 is 0 Å². The number of carbonyl (C=O) groups excluding carboxylic acids is 1. The fourth-order valence-electron chi connectivity index (χ4n) is 3.02. The maximum atomic E-state index is 12.5. The first-order valence-corrected chi connectivity index (χ1v) is 7.81. The molecule has 0 spiro atoms. The first kappa shape index (κ1) is 14.2. The number of halogens is 2. The Kier molecular flexibility index (Phi) is 3.93. The van der Waals surface area contributed by atoms with Crippen LogP contribution in [0.15, 0.2) is 18.2 Å². The first-order chi connectivity index (χ1) is 9.56. The molecule has 5 heteroatoms. The lowest BCUT2D eigenvalue weighted by molar-refractivity contribution is -0.133. The molecule has 3 unspecified atom stereocenters. The molecule has 2 fully saturated rings. The van der Waals surface area contributed by atoms with Crippen LogP contribution >= 0.6 is 23.2 Å². The quantitative estimate of drug-likeness (QED) is 0.912. The van der Waals surface area contributed by atoms with E-state index < -0.39 is 0 Å². The van der Waals surface area contributed by atoms with Crippen molar-refractivity contribution in [2.75, 3.05) is 13.1 Å². The van der Waals surface area contributed by atoms with Gasteiger partial charge in [-0.2, -0.15) is 0 Å². The number of nitrogens with two attached hydrogens (primary N) is 1. The van der Waals surface area contributed by atoms with E-state index in [2.05, 4.69) is 0 Å². The van der Waals surface area contributed by atoms with Crippen LogP contribution < -0.4 is 5.73 Å². The van der Waals surface area contributed by atoms with Gasteiger partial charge in [-0.15, -0.1) is 0 Å². The van der Waals surface area contributed by atoms with Crippen LogP contribution in [-0.2, 0) is 4.79 Å². The van der Waals surface area contributed by atoms with Crippen molar-refractivity contribution < 1.29 is 4.79 Å². The predicted octanol–water partition coefficient (Wildman–Crippen LogP) is 3.05. The van der Waals surface area contributed by atoms with Gasteiger partial charge in [-0.1, -0.05) is 29.3 Å². The van der Waals surface area contributed by atoms with E-state index in [1.807, 2.05) is 17.0 Å². The third-order valence-corrected chi connectivity index (χ3v) is 4.99. The van der Waals surface area contributed by atoms with E-state index in [0.29, 0.717) is 16.6 Å². The molecular weight excluding hydrogens is 295 g/mol. The molecule has 20 heavy (non-hydrogen) atoms. The summed E-state index contributed by atoms with van der Waals surface area (Å²) in [6.07, 6.45) is 2.93. The van der Waals surface area contributed by atoms with Gasteiger partial charge in [0.1, 0.15) is 0 Å². The highest BCUT2D eigenvalue weighted by molar-refractivity contribution is 6.42. The van der Waals surface area contributed by atoms with Crippen molar-refractivity contribution >= 4 is 29.1 Å². The van der Waals surface area contributed by atoms with Gasteiger partial charge in [-0.3, -0.25) is 4.79 Å². The lowest BCUT2D eigenvalue weighted by Crippen LogP contribution is -2.46. The zero-order valence-corrected chi connectivity index (χ0v) is 12.7. The minimum absolute atomic E-state index is 0.0949. The van der Waals surface area contributed by atoms with Crippen molar-refractivity contribution in [1.82, 2.24) is 4.90 Å². The van der Waals surface area contributed by atoms with Crippen molar-refractivity contribution in [3.63, 3.8) is 0 Å². The number of nitrogens with zero attached hydrogens (tertiary/aromatic N) is 1. The molecule has 0 aromatic heterocycles. The lowest BCUT2D eigenvalue weighted by atomic mass is 10.0. The van der Waals surface area contributed by atoms with Crippen molar-refractivity contribution in [1.29, 1.82) is 0 Å². The largest absolute Gasteiger partial charge is 0.341 e. The summed E-state index contributed by atoms with van der Waals surface area (Å²) in [6, 6.07) is 5.78. The number of carbonyl (C=O) groups is 1. The van der Waals surface area contributed by atoms with Crippen molar-refractivity contribution in [2.24, 2.45) is 11.7 Å². The summed E-state index contributed by atoms with van der Waals surface area (Å²) in [5.41, 5.74) is 7.05. The number of likely N-dealkylation sites (tertiary alicyclic amines) is 1. The van der Waals surface area contributed by atoms with E-state index in [1.165, 1.54) is 0 Å². The van der Waals surface area contributed by atoms with Crippen LogP contribution in [0.1, 0.15) is 30.7 Å².